The van der Waals surface area contributed by atoms with Crippen LogP contribution >= 0.6 is 11.6 Å². The second-order valence-corrected chi connectivity index (χ2v) is 4.96. The number of halogens is 1. The monoisotopic (exact) mass is 252 g/mol. The number of carbonyl (C=O) groups is 1. The Bertz CT molecular complexity index is 408. The van der Waals surface area contributed by atoms with Crippen LogP contribution in [0.2, 0.25) is 0 Å². The van der Waals surface area contributed by atoms with E-state index in [-0.39, 0.29) is 5.24 Å². The van der Waals surface area contributed by atoms with Crippen molar-refractivity contribution in [2.45, 2.75) is 37.5 Å². The predicted octanol–water partition coefficient (Wildman–Crippen LogP) is 3.66. The molecule has 1 aliphatic carbocycles. The number of methoxy groups -OCH3 is 1. The number of hydrogen-bond acceptors (Lipinski definition) is 2. The lowest BCUT2D eigenvalue weighted by Crippen LogP contribution is -2.35. The summed E-state index contributed by atoms with van der Waals surface area (Å²) in [5, 5.41) is -0.248. The van der Waals surface area contributed by atoms with Crippen LogP contribution in [0.25, 0.3) is 0 Å². The Balaban J connectivity index is 2.48. The van der Waals surface area contributed by atoms with Gasteiger partial charge in [0.15, 0.2) is 0 Å². The Morgan fingerprint density at radius 1 is 1.24 bits per heavy atom. The van der Waals surface area contributed by atoms with Crippen LogP contribution < -0.4 is 4.74 Å². The first-order valence-corrected chi connectivity index (χ1v) is 6.42. The van der Waals surface area contributed by atoms with Crippen molar-refractivity contribution in [2.75, 3.05) is 7.11 Å². The summed E-state index contributed by atoms with van der Waals surface area (Å²) in [6.45, 7) is 0. The molecular formula is C14H17ClO2. The maximum absolute atomic E-state index is 11.9. The minimum atomic E-state index is -0.535. The summed E-state index contributed by atoms with van der Waals surface area (Å²) in [5.41, 5.74) is 0.411. The fourth-order valence-electron chi connectivity index (χ4n) is 2.77. The van der Waals surface area contributed by atoms with Crippen LogP contribution in [-0.4, -0.2) is 12.4 Å². The molecule has 0 heterocycles. The first kappa shape index (κ1) is 12.4. The molecule has 2 nitrogen and oxygen atoms in total. The summed E-state index contributed by atoms with van der Waals surface area (Å²) < 4.78 is 5.36. The average Bonchev–Trinajstić information content (AvgIpc) is 2.39. The highest BCUT2D eigenvalue weighted by Crippen LogP contribution is 2.44. The van der Waals surface area contributed by atoms with E-state index in [1.807, 2.05) is 24.3 Å². The molecule has 1 aliphatic rings. The van der Waals surface area contributed by atoms with Crippen molar-refractivity contribution in [2.24, 2.45) is 0 Å². The second kappa shape index (κ2) is 5.09. The maximum atomic E-state index is 11.9. The van der Waals surface area contributed by atoms with E-state index in [1.165, 1.54) is 6.42 Å². The third kappa shape index (κ3) is 2.19. The summed E-state index contributed by atoms with van der Waals surface area (Å²) in [5.74, 6) is 0.767. The minimum absolute atomic E-state index is 0.248. The van der Waals surface area contributed by atoms with E-state index in [0.717, 1.165) is 37.0 Å². The van der Waals surface area contributed by atoms with Crippen molar-refractivity contribution in [3.05, 3.63) is 29.8 Å². The van der Waals surface area contributed by atoms with E-state index >= 15 is 0 Å². The van der Waals surface area contributed by atoms with Gasteiger partial charge >= 0.3 is 0 Å². The molecule has 0 amide bonds. The van der Waals surface area contributed by atoms with Crippen LogP contribution in [0.1, 0.15) is 37.7 Å². The lowest BCUT2D eigenvalue weighted by molar-refractivity contribution is -0.117. The molecule has 0 N–H and O–H groups in total. The van der Waals surface area contributed by atoms with Gasteiger partial charge in [-0.3, -0.25) is 4.79 Å². The van der Waals surface area contributed by atoms with Crippen LogP contribution in [0, 0.1) is 0 Å². The van der Waals surface area contributed by atoms with Gasteiger partial charge in [-0.2, -0.15) is 0 Å². The molecule has 1 aromatic rings. The quantitative estimate of drug-likeness (QED) is 0.768. The number of para-hydroxylation sites is 1. The largest absolute Gasteiger partial charge is 0.496 e. The fraction of sp³-hybridized carbons (Fsp3) is 0.500. The Morgan fingerprint density at radius 3 is 2.47 bits per heavy atom. The maximum Gasteiger partial charge on any atom is 0.232 e. The predicted molar refractivity (Wildman–Crippen MR) is 68.6 cm³/mol. The van der Waals surface area contributed by atoms with E-state index in [2.05, 4.69) is 0 Å². The molecule has 0 radical (unpaired) electrons. The zero-order chi connectivity index (χ0) is 12.3. The van der Waals surface area contributed by atoms with Gasteiger partial charge in [0, 0.05) is 5.56 Å². The molecule has 2 rings (SSSR count). The van der Waals surface area contributed by atoms with Crippen molar-refractivity contribution in [3.8, 4) is 5.75 Å². The van der Waals surface area contributed by atoms with E-state index < -0.39 is 5.41 Å². The zero-order valence-electron chi connectivity index (χ0n) is 10.0. The molecular weight excluding hydrogens is 236 g/mol. The highest BCUT2D eigenvalue weighted by atomic mass is 35.5. The van der Waals surface area contributed by atoms with Crippen molar-refractivity contribution >= 4 is 16.8 Å². The highest BCUT2D eigenvalue weighted by molar-refractivity contribution is 6.65. The molecule has 0 aromatic heterocycles. The zero-order valence-corrected chi connectivity index (χ0v) is 10.8. The first-order valence-electron chi connectivity index (χ1n) is 6.04. The molecule has 0 bridgehead atoms. The first-order chi connectivity index (χ1) is 8.20. The summed E-state index contributed by atoms with van der Waals surface area (Å²) >= 11 is 5.88. The molecule has 1 aromatic carbocycles. The van der Waals surface area contributed by atoms with Crippen molar-refractivity contribution in [3.63, 3.8) is 0 Å². The Labute approximate surface area is 107 Å². The van der Waals surface area contributed by atoms with Crippen LogP contribution in [0.15, 0.2) is 24.3 Å². The van der Waals surface area contributed by atoms with Gasteiger partial charge in [-0.1, -0.05) is 37.5 Å². The lowest BCUT2D eigenvalue weighted by Gasteiger charge is -2.35. The molecule has 17 heavy (non-hydrogen) atoms. The molecule has 1 fully saturated rings. The molecule has 0 unspecified atom stereocenters. The molecule has 3 heteroatoms. The molecule has 0 aliphatic heterocycles. The third-order valence-electron chi connectivity index (χ3n) is 3.71. The van der Waals surface area contributed by atoms with E-state index in [4.69, 9.17) is 16.3 Å². The SMILES string of the molecule is COc1ccccc1C1(C(=O)Cl)CCCCC1. The molecule has 0 spiro atoms. The van der Waals surface area contributed by atoms with E-state index in [1.54, 1.807) is 7.11 Å². The Morgan fingerprint density at radius 2 is 1.88 bits per heavy atom. The molecule has 1 saturated carbocycles. The molecule has 0 saturated heterocycles. The summed E-state index contributed by atoms with van der Waals surface area (Å²) in [6.07, 6.45) is 4.94. The van der Waals surface area contributed by atoms with E-state index in [9.17, 15) is 4.79 Å². The third-order valence-corrected chi connectivity index (χ3v) is 4.07. The normalized spacial score (nSPS) is 18.7. The number of hydrogen-bond donors (Lipinski definition) is 0. The number of benzene rings is 1. The van der Waals surface area contributed by atoms with Crippen LogP contribution in [0.4, 0.5) is 0 Å². The average molecular weight is 253 g/mol. The highest BCUT2D eigenvalue weighted by Gasteiger charge is 2.41. The van der Waals surface area contributed by atoms with Gasteiger partial charge in [0.05, 0.1) is 12.5 Å². The number of ether oxygens (including phenoxy) is 1. The fourth-order valence-corrected chi connectivity index (χ4v) is 3.06. The summed E-state index contributed by atoms with van der Waals surface area (Å²) in [6, 6.07) is 7.71. The topological polar surface area (TPSA) is 26.3 Å². The standard InChI is InChI=1S/C14H17ClO2/c1-17-12-8-4-3-7-11(12)14(13(15)16)9-5-2-6-10-14/h3-4,7-8H,2,5-6,9-10H2,1H3. The number of carbonyl (C=O) groups excluding carboxylic acids is 1. The summed E-state index contributed by atoms with van der Waals surface area (Å²) in [4.78, 5) is 11.9. The minimum Gasteiger partial charge on any atom is -0.496 e. The van der Waals surface area contributed by atoms with Gasteiger partial charge in [0.1, 0.15) is 5.75 Å². The van der Waals surface area contributed by atoms with E-state index in [0.29, 0.717) is 0 Å². The van der Waals surface area contributed by atoms with Crippen LogP contribution in [-0.2, 0) is 10.2 Å². The van der Waals surface area contributed by atoms with Gasteiger partial charge in [0.25, 0.3) is 0 Å². The second-order valence-electron chi connectivity index (χ2n) is 4.62. The Hall–Kier alpha value is -1.02. The lowest BCUT2D eigenvalue weighted by atomic mass is 9.70. The van der Waals surface area contributed by atoms with Crippen molar-refractivity contribution in [1.29, 1.82) is 0 Å². The Kier molecular flexibility index (Phi) is 3.72. The van der Waals surface area contributed by atoms with Crippen LogP contribution in [0.3, 0.4) is 0 Å². The number of rotatable bonds is 3. The van der Waals surface area contributed by atoms with Gasteiger partial charge in [0.2, 0.25) is 5.24 Å². The summed E-state index contributed by atoms with van der Waals surface area (Å²) in [7, 11) is 1.63. The van der Waals surface area contributed by atoms with Crippen LogP contribution in [0.5, 0.6) is 5.75 Å². The van der Waals surface area contributed by atoms with Gasteiger partial charge in [-0.25, -0.2) is 0 Å². The van der Waals surface area contributed by atoms with Gasteiger partial charge < -0.3 is 4.74 Å². The van der Waals surface area contributed by atoms with Crippen molar-refractivity contribution in [1.82, 2.24) is 0 Å². The smallest absolute Gasteiger partial charge is 0.232 e. The molecule has 92 valence electrons. The van der Waals surface area contributed by atoms with Gasteiger partial charge in [-0.05, 0) is 30.5 Å². The van der Waals surface area contributed by atoms with Crippen molar-refractivity contribution < 1.29 is 9.53 Å². The molecule has 0 atom stereocenters. The van der Waals surface area contributed by atoms with Gasteiger partial charge in [-0.15, -0.1) is 0 Å².